The normalized spacial score (nSPS) is 18.0. The van der Waals surface area contributed by atoms with Gasteiger partial charge in [-0.05, 0) is 18.4 Å². The van der Waals surface area contributed by atoms with Gasteiger partial charge < -0.3 is 10.0 Å². The molecule has 1 fully saturated rings. The Morgan fingerprint density at radius 1 is 1.25 bits per heavy atom. The first-order valence-electron chi connectivity index (χ1n) is 7.99. The van der Waals surface area contributed by atoms with Crippen LogP contribution in [0.4, 0.5) is 5.82 Å². The third kappa shape index (κ3) is 2.63. The summed E-state index contributed by atoms with van der Waals surface area (Å²) in [5.74, 6) is -0.202. The summed E-state index contributed by atoms with van der Waals surface area (Å²) in [5.41, 5.74) is 2.25. The molecule has 3 aromatic rings. The topological polar surface area (TPSA) is 66.3 Å². The summed E-state index contributed by atoms with van der Waals surface area (Å²) in [5, 5.41) is 12.5. The lowest BCUT2D eigenvalue weighted by atomic mass is 9.97. The van der Waals surface area contributed by atoms with E-state index in [1.807, 2.05) is 18.2 Å². The van der Waals surface area contributed by atoms with Crippen molar-refractivity contribution in [3.8, 4) is 11.1 Å². The first-order valence-corrected chi connectivity index (χ1v) is 8.87. The second-order valence-corrected chi connectivity index (χ2v) is 6.87. The highest BCUT2D eigenvalue weighted by Gasteiger charge is 2.28. The number of anilines is 1. The van der Waals surface area contributed by atoms with Gasteiger partial charge in [-0.15, -0.1) is 11.3 Å². The van der Waals surface area contributed by atoms with Crippen LogP contribution < -0.4 is 4.90 Å². The maximum absolute atomic E-state index is 11.4. The molecule has 4 rings (SSSR count). The molecule has 1 unspecified atom stereocenters. The molecular weight excluding hydrogens is 322 g/mol. The summed E-state index contributed by atoms with van der Waals surface area (Å²) in [6, 6.07) is 10.2. The van der Waals surface area contributed by atoms with Crippen LogP contribution in [0.2, 0.25) is 0 Å². The van der Waals surface area contributed by atoms with Gasteiger partial charge in [0, 0.05) is 24.0 Å². The van der Waals surface area contributed by atoms with E-state index >= 15 is 0 Å². The van der Waals surface area contributed by atoms with E-state index in [0.29, 0.717) is 6.54 Å². The highest BCUT2D eigenvalue weighted by molar-refractivity contribution is 7.17. The van der Waals surface area contributed by atoms with Gasteiger partial charge in [-0.25, -0.2) is 9.97 Å². The minimum atomic E-state index is -0.724. The van der Waals surface area contributed by atoms with Crippen LogP contribution in [0.3, 0.4) is 0 Å². The summed E-state index contributed by atoms with van der Waals surface area (Å²) in [6.45, 7) is 1.34. The SMILES string of the molecule is O=C(O)C1CCCN(c2ncnc3scc(-c4ccccc4)c23)C1. The summed E-state index contributed by atoms with van der Waals surface area (Å²) in [6.07, 6.45) is 3.18. The van der Waals surface area contributed by atoms with Gasteiger partial charge in [0.05, 0.1) is 11.3 Å². The van der Waals surface area contributed by atoms with E-state index < -0.39 is 5.97 Å². The fraction of sp³-hybridized carbons (Fsp3) is 0.278. The Bertz CT molecular complexity index is 878. The molecule has 0 saturated carbocycles. The number of thiophene rings is 1. The van der Waals surface area contributed by atoms with Crippen molar-refractivity contribution in [1.82, 2.24) is 9.97 Å². The van der Waals surface area contributed by atoms with Crippen LogP contribution in [0, 0.1) is 5.92 Å². The summed E-state index contributed by atoms with van der Waals surface area (Å²) in [7, 11) is 0. The fourth-order valence-electron chi connectivity index (χ4n) is 3.30. The minimum Gasteiger partial charge on any atom is -0.481 e. The predicted molar refractivity (Wildman–Crippen MR) is 95.4 cm³/mol. The molecule has 1 aromatic carbocycles. The fourth-order valence-corrected chi connectivity index (χ4v) is 4.21. The molecule has 0 amide bonds. The first kappa shape index (κ1) is 15.1. The molecule has 2 aromatic heterocycles. The number of aliphatic carboxylic acids is 1. The smallest absolute Gasteiger partial charge is 0.308 e. The van der Waals surface area contributed by atoms with Crippen molar-refractivity contribution in [3.05, 3.63) is 42.0 Å². The van der Waals surface area contributed by atoms with Gasteiger partial charge >= 0.3 is 5.97 Å². The number of rotatable bonds is 3. The molecule has 1 atom stereocenters. The van der Waals surface area contributed by atoms with Crippen molar-refractivity contribution in [1.29, 1.82) is 0 Å². The third-order valence-electron chi connectivity index (χ3n) is 4.51. The second kappa shape index (κ2) is 6.20. The van der Waals surface area contributed by atoms with Crippen molar-refractivity contribution in [2.24, 2.45) is 5.92 Å². The number of hydrogen-bond acceptors (Lipinski definition) is 5. The van der Waals surface area contributed by atoms with E-state index in [-0.39, 0.29) is 5.92 Å². The highest BCUT2D eigenvalue weighted by Crippen LogP contribution is 2.38. The van der Waals surface area contributed by atoms with Gasteiger partial charge in [0.25, 0.3) is 0 Å². The van der Waals surface area contributed by atoms with Gasteiger partial charge in [-0.3, -0.25) is 4.79 Å². The van der Waals surface area contributed by atoms with Crippen molar-refractivity contribution in [2.45, 2.75) is 12.8 Å². The molecule has 122 valence electrons. The van der Waals surface area contributed by atoms with Crippen LogP contribution in [-0.2, 0) is 4.79 Å². The average Bonchev–Trinajstić information content (AvgIpc) is 3.07. The monoisotopic (exact) mass is 339 g/mol. The van der Waals surface area contributed by atoms with Crippen LogP contribution in [0.25, 0.3) is 21.3 Å². The Hall–Kier alpha value is -2.47. The molecule has 6 heteroatoms. The van der Waals surface area contributed by atoms with Gasteiger partial charge in [0.15, 0.2) is 0 Å². The number of fused-ring (bicyclic) bond motifs is 1. The molecule has 5 nitrogen and oxygen atoms in total. The third-order valence-corrected chi connectivity index (χ3v) is 5.39. The van der Waals surface area contributed by atoms with Crippen molar-refractivity contribution in [2.75, 3.05) is 18.0 Å². The highest BCUT2D eigenvalue weighted by atomic mass is 32.1. The van der Waals surface area contributed by atoms with Crippen LogP contribution in [0.1, 0.15) is 12.8 Å². The molecule has 0 bridgehead atoms. The standard InChI is InChI=1S/C18H17N3O2S/c22-18(23)13-7-4-8-21(9-13)16-15-14(12-5-2-1-3-6-12)10-24-17(15)20-11-19-16/h1-3,5-6,10-11,13H,4,7-9H2,(H,22,23). The van der Waals surface area contributed by atoms with Gasteiger partial charge in [0.1, 0.15) is 17.0 Å². The molecule has 1 saturated heterocycles. The molecule has 3 heterocycles. The summed E-state index contributed by atoms with van der Waals surface area (Å²) in [4.78, 5) is 23.3. The Labute approximate surface area is 143 Å². The average molecular weight is 339 g/mol. The zero-order chi connectivity index (χ0) is 16.5. The van der Waals surface area contributed by atoms with Crippen LogP contribution >= 0.6 is 11.3 Å². The largest absolute Gasteiger partial charge is 0.481 e. The minimum absolute atomic E-state index is 0.331. The lowest BCUT2D eigenvalue weighted by Gasteiger charge is -2.32. The van der Waals surface area contributed by atoms with E-state index in [4.69, 9.17) is 0 Å². The number of benzene rings is 1. The number of carboxylic acids is 1. The Morgan fingerprint density at radius 2 is 2.08 bits per heavy atom. The number of carboxylic acid groups (broad SMARTS) is 1. The van der Waals surface area contributed by atoms with Gasteiger partial charge in [-0.1, -0.05) is 30.3 Å². The summed E-state index contributed by atoms with van der Waals surface area (Å²) >= 11 is 1.60. The van der Waals surface area contributed by atoms with Crippen molar-refractivity contribution >= 4 is 33.3 Å². The summed E-state index contributed by atoms with van der Waals surface area (Å²) < 4.78 is 0. The Balaban J connectivity index is 1.81. The molecule has 0 aliphatic carbocycles. The number of aromatic nitrogens is 2. The molecule has 1 aliphatic rings. The first-order chi connectivity index (χ1) is 11.7. The van der Waals surface area contributed by atoms with Crippen LogP contribution in [0.5, 0.6) is 0 Å². The number of carbonyl (C=O) groups is 1. The van der Waals surface area contributed by atoms with E-state index in [9.17, 15) is 9.90 Å². The van der Waals surface area contributed by atoms with Crippen molar-refractivity contribution in [3.63, 3.8) is 0 Å². The lowest BCUT2D eigenvalue weighted by molar-refractivity contribution is -0.141. The maximum atomic E-state index is 11.4. The van der Waals surface area contributed by atoms with E-state index in [1.54, 1.807) is 17.7 Å². The van der Waals surface area contributed by atoms with Gasteiger partial charge in [-0.2, -0.15) is 0 Å². The number of piperidine rings is 1. The Kier molecular flexibility index (Phi) is 3.90. The van der Waals surface area contributed by atoms with E-state index in [0.717, 1.165) is 46.5 Å². The molecule has 0 radical (unpaired) electrons. The lowest BCUT2D eigenvalue weighted by Crippen LogP contribution is -2.39. The molecule has 1 N–H and O–H groups in total. The van der Waals surface area contributed by atoms with Gasteiger partial charge in [0.2, 0.25) is 0 Å². The maximum Gasteiger partial charge on any atom is 0.308 e. The zero-order valence-corrected chi connectivity index (χ0v) is 13.9. The van der Waals surface area contributed by atoms with Crippen LogP contribution in [0.15, 0.2) is 42.0 Å². The zero-order valence-electron chi connectivity index (χ0n) is 13.1. The van der Waals surface area contributed by atoms with Crippen LogP contribution in [-0.4, -0.2) is 34.1 Å². The molecular formula is C18H17N3O2S. The molecule has 0 spiro atoms. The number of hydrogen-bond donors (Lipinski definition) is 1. The van der Waals surface area contributed by atoms with E-state index in [1.165, 1.54) is 0 Å². The molecule has 24 heavy (non-hydrogen) atoms. The van der Waals surface area contributed by atoms with Crippen molar-refractivity contribution < 1.29 is 9.90 Å². The Morgan fingerprint density at radius 3 is 2.88 bits per heavy atom. The number of nitrogens with zero attached hydrogens (tertiary/aromatic N) is 3. The molecule has 1 aliphatic heterocycles. The quantitative estimate of drug-likeness (QED) is 0.789. The predicted octanol–water partition coefficient (Wildman–Crippen LogP) is 3.66. The second-order valence-electron chi connectivity index (χ2n) is 6.02. The van der Waals surface area contributed by atoms with E-state index in [2.05, 4.69) is 32.4 Å².